The molecule has 138 valence electrons. The van der Waals surface area contributed by atoms with E-state index in [1.807, 2.05) is 18.0 Å². The van der Waals surface area contributed by atoms with Gasteiger partial charge < -0.3 is 10.2 Å². The molecule has 6 nitrogen and oxygen atoms in total. The zero-order valence-electron chi connectivity index (χ0n) is 14.8. The average molecular weight is 365 g/mol. The summed E-state index contributed by atoms with van der Waals surface area (Å²) in [6.45, 7) is 0. The number of hydrogen-bond acceptors (Lipinski definition) is 5. The first-order valence-corrected chi connectivity index (χ1v) is 11.0. The second kappa shape index (κ2) is 7.72. The predicted octanol–water partition coefficient (Wildman–Crippen LogP) is 2.16. The molecule has 0 radical (unpaired) electrons. The number of aromatic nitrogens is 1. The normalized spacial score (nSPS) is 23.8. The molecule has 0 bridgehead atoms. The van der Waals surface area contributed by atoms with Crippen molar-refractivity contribution in [2.45, 2.75) is 57.0 Å². The minimum Gasteiger partial charge on any atom is -0.370 e. The number of carbonyl (C=O) groups excluding carboxylic acids is 1. The van der Waals surface area contributed by atoms with Crippen molar-refractivity contribution in [3.8, 4) is 0 Å². The molecular weight excluding hydrogens is 338 g/mol. The van der Waals surface area contributed by atoms with Crippen LogP contribution in [0.5, 0.6) is 0 Å². The van der Waals surface area contributed by atoms with Crippen molar-refractivity contribution in [1.82, 2.24) is 10.3 Å². The van der Waals surface area contributed by atoms with E-state index in [1.165, 1.54) is 12.8 Å². The molecule has 0 spiro atoms. The van der Waals surface area contributed by atoms with Crippen molar-refractivity contribution in [1.29, 1.82) is 0 Å². The first-order chi connectivity index (χ1) is 11.9. The lowest BCUT2D eigenvalue weighted by Crippen LogP contribution is -2.35. The minimum atomic E-state index is -2.93. The van der Waals surface area contributed by atoms with Crippen molar-refractivity contribution in [2.24, 2.45) is 0 Å². The molecule has 1 aliphatic carbocycles. The van der Waals surface area contributed by atoms with Crippen molar-refractivity contribution in [2.75, 3.05) is 23.5 Å². The molecule has 1 atom stereocenters. The zero-order valence-corrected chi connectivity index (χ0v) is 15.6. The van der Waals surface area contributed by atoms with Crippen LogP contribution in [0.4, 0.5) is 5.69 Å². The summed E-state index contributed by atoms with van der Waals surface area (Å²) in [6.07, 6.45) is 9.14. The number of pyridine rings is 1. The van der Waals surface area contributed by atoms with E-state index in [2.05, 4.69) is 10.3 Å². The molecule has 1 saturated carbocycles. The van der Waals surface area contributed by atoms with Gasteiger partial charge in [0.25, 0.3) is 5.91 Å². The molecule has 2 fully saturated rings. The van der Waals surface area contributed by atoms with Crippen LogP contribution in [0, 0.1) is 0 Å². The van der Waals surface area contributed by atoms with E-state index in [0.717, 1.165) is 31.4 Å². The zero-order chi connectivity index (χ0) is 17.9. The Kier molecular flexibility index (Phi) is 5.61. The number of nitrogens with one attached hydrogen (secondary N) is 1. The Morgan fingerprint density at radius 3 is 2.56 bits per heavy atom. The van der Waals surface area contributed by atoms with Crippen molar-refractivity contribution in [3.05, 3.63) is 24.0 Å². The Hall–Kier alpha value is -1.63. The van der Waals surface area contributed by atoms with Crippen LogP contribution >= 0.6 is 0 Å². The van der Waals surface area contributed by atoms with Crippen LogP contribution in [0.25, 0.3) is 0 Å². The van der Waals surface area contributed by atoms with Gasteiger partial charge in [0.05, 0.1) is 11.5 Å². The smallest absolute Gasteiger partial charge is 0.270 e. The Morgan fingerprint density at radius 1 is 1.20 bits per heavy atom. The minimum absolute atomic E-state index is 0.0369. The molecule has 1 N–H and O–H groups in total. The Labute approximate surface area is 149 Å². The third kappa shape index (κ3) is 4.71. The summed E-state index contributed by atoms with van der Waals surface area (Å²) in [5, 5.41) is 3.11. The van der Waals surface area contributed by atoms with Crippen LogP contribution < -0.4 is 10.2 Å². The summed E-state index contributed by atoms with van der Waals surface area (Å²) in [5.41, 5.74) is 1.23. The van der Waals surface area contributed by atoms with Crippen LogP contribution in [0.1, 0.15) is 55.4 Å². The van der Waals surface area contributed by atoms with Crippen LogP contribution in [0.3, 0.4) is 0 Å². The maximum atomic E-state index is 12.5. The summed E-state index contributed by atoms with van der Waals surface area (Å²) >= 11 is 0. The fraction of sp³-hybridized carbons (Fsp3) is 0.667. The van der Waals surface area contributed by atoms with E-state index in [0.29, 0.717) is 12.1 Å². The van der Waals surface area contributed by atoms with E-state index >= 15 is 0 Å². The quantitative estimate of drug-likeness (QED) is 0.827. The third-order valence-electron chi connectivity index (χ3n) is 5.33. The largest absolute Gasteiger partial charge is 0.370 e. The first-order valence-electron chi connectivity index (χ1n) is 9.15. The molecule has 1 aromatic heterocycles. The predicted molar refractivity (Wildman–Crippen MR) is 98.7 cm³/mol. The average Bonchev–Trinajstić information content (AvgIpc) is 2.80. The topological polar surface area (TPSA) is 79.4 Å². The highest BCUT2D eigenvalue weighted by atomic mass is 32.2. The van der Waals surface area contributed by atoms with Crippen molar-refractivity contribution >= 4 is 21.4 Å². The monoisotopic (exact) mass is 365 g/mol. The Morgan fingerprint density at radius 2 is 1.92 bits per heavy atom. The lowest BCUT2D eigenvalue weighted by atomic mass is 10.1. The van der Waals surface area contributed by atoms with Gasteiger partial charge in [-0.3, -0.25) is 9.78 Å². The van der Waals surface area contributed by atoms with Gasteiger partial charge in [-0.05, 0) is 31.4 Å². The molecule has 1 saturated heterocycles. The molecule has 1 unspecified atom stereocenters. The highest BCUT2D eigenvalue weighted by Crippen LogP contribution is 2.23. The molecule has 1 amide bonds. The van der Waals surface area contributed by atoms with Gasteiger partial charge in [-0.1, -0.05) is 25.7 Å². The van der Waals surface area contributed by atoms with E-state index in [-0.39, 0.29) is 29.5 Å². The van der Waals surface area contributed by atoms with E-state index in [9.17, 15) is 13.2 Å². The lowest BCUT2D eigenvalue weighted by Gasteiger charge is -2.26. The van der Waals surface area contributed by atoms with Gasteiger partial charge in [-0.15, -0.1) is 0 Å². The SMILES string of the molecule is CN(c1ccnc(C(=O)NC2CCCCCC2)c1)C1CCS(=O)(=O)C1. The Balaban J connectivity index is 1.67. The lowest BCUT2D eigenvalue weighted by molar-refractivity contribution is 0.0928. The third-order valence-corrected chi connectivity index (χ3v) is 7.08. The first kappa shape index (κ1) is 18.2. The van der Waals surface area contributed by atoms with E-state index in [4.69, 9.17) is 0 Å². The second-order valence-corrected chi connectivity index (χ2v) is 9.46. The van der Waals surface area contributed by atoms with Crippen LogP contribution in [0.15, 0.2) is 18.3 Å². The highest BCUT2D eigenvalue weighted by Gasteiger charge is 2.31. The Bertz CT molecular complexity index is 712. The number of anilines is 1. The number of amides is 1. The summed E-state index contributed by atoms with van der Waals surface area (Å²) in [6, 6.07) is 3.79. The highest BCUT2D eigenvalue weighted by molar-refractivity contribution is 7.91. The number of nitrogens with zero attached hydrogens (tertiary/aromatic N) is 2. The molecule has 25 heavy (non-hydrogen) atoms. The van der Waals surface area contributed by atoms with Gasteiger partial charge in [0.2, 0.25) is 0 Å². The fourth-order valence-electron chi connectivity index (χ4n) is 3.74. The maximum absolute atomic E-state index is 12.5. The molecule has 0 aromatic carbocycles. The van der Waals surface area contributed by atoms with Crippen LogP contribution in [-0.4, -0.2) is 49.9 Å². The number of carbonyl (C=O) groups is 1. The summed E-state index contributed by atoms with van der Waals surface area (Å²) in [4.78, 5) is 18.7. The van der Waals surface area contributed by atoms with Gasteiger partial charge in [0.15, 0.2) is 9.84 Å². The molecule has 7 heteroatoms. The van der Waals surface area contributed by atoms with E-state index in [1.54, 1.807) is 12.3 Å². The summed E-state index contributed by atoms with van der Waals surface area (Å²) in [5.74, 6) is 0.276. The van der Waals surface area contributed by atoms with Gasteiger partial charge in [0.1, 0.15) is 5.69 Å². The second-order valence-electron chi connectivity index (χ2n) is 7.23. The number of hydrogen-bond donors (Lipinski definition) is 1. The van der Waals surface area contributed by atoms with E-state index < -0.39 is 9.84 Å². The molecule has 2 heterocycles. The summed E-state index contributed by atoms with van der Waals surface area (Å²) in [7, 11) is -1.05. The fourth-order valence-corrected chi connectivity index (χ4v) is 5.51. The van der Waals surface area contributed by atoms with Gasteiger partial charge >= 0.3 is 0 Å². The molecular formula is C18H27N3O3S. The standard InChI is InChI=1S/C18H27N3O3S/c1-21(16-9-11-25(23,24)13-16)15-8-10-19-17(12-15)18(22)20-14-6-4-2-3-5-7-14/h8,10,12,14,16H,2-7,9,11,13H2,1H3,(H,20,22). The molecule has 1 aliphatic heterocycles. The molecule has 1 aromatic rings. The molecule has 2 aliphatic rings. The summed E-state index contributed by atoms with van der Waals surface area (Å²) < 4.78 is 23.4. The van der Waals surface area contributed by atoms with Crippen molar-refractivity contribution < 1.29 is 13.2 Å². The number of rotatable bonds is 4. The van der Waals surface area contributed by atoms with Crippen molar-refractivity contribution in [3.63, 3.8) is 0 Å². The number of sulfone groups is 1. The van der Waals surface area contributed by atoms with Gasteiger partial charge in [-0.25, -0.2) is 8.42 Å². The van der Waals surface area contributed by atoms with Gasteiger partial charge in [0, 0.05) is 31.0 Å². The molecule has 3 rings (SSSR count). The maximum Gasteiger partial charge on any atom is 0.270 e. The van der Waals surface area contributed by atoms with Crippen LogP contribution in [0.2, 0.25) is 0 Å². The van der Waals surface area contributed by atoms with Crippen LogP contribution in [-0.2, 0) is 9.84 Å². The van der Waals surface area contributed by atoms with Gasteiger partial charge in [-0.2, -0.15) is 0 Å².